The maximum Gasteiger partial charge on any atom is 0.101 e. The van der Waals surface area contributed by atoms with Crippen molar-refractivity contribution in [2.45, 2.75) is 44.1 Å². The maximum absolute atomic E-state index is 10.5. The molecule has 1 aromatic rings. The molecule has 1 saturated carbocycles. The van der Waals surface area contributed by atoms with Crippen LogP contribution in [0.1, 0.15) is 44.1 Å². The van der Waals surface area contributed by atoms with Crippen LogP contribution in [-0.4, -0.2) is 17.3 Å². The highest BCUT2D eigenvalue weighted by atomic mass is 16.3. The van der Waals surface area contributed by atoms with Crippen LogP contribution >= 0.6 is 0 Å². The Kier molecular flexibility index (Phi) is 4.22. The van der Waals surface area contributed by atoms with Gasteiger partial charge in [0.15, 0.2) is 0 Å². The molecule has 2 N–H and O–H groups in total. The molecule has 0 atom stereocenters. The van der Waals surface area contributed by atoms with Crippen molar-refractivity contribution in [1.82, 2.24) is 0 Å². The first kappa shape index (κ1) is 12.9. The van der Waals surface area contributed by atoms with Gasteiger partial charge >= 0.3 is 0 Å². The summed E-state index contributed by atoms with van der Waals surface area (Å²) in [5.41, 5.74) is 0.839. The molecular formula is C15H20N2O. The van der Waals surface area contributed by atoms with Crippen molar-refractivity contribution in [2.75, 3.05) is 11.9 Å². The Hall–Kier alpha value is -1.53. The van der Waals surface area contributed by atoms with Gasteiger partial charge in [0.1, 0.15) is 6.07 Å². The smallest absolute Gasteiger partial charge is 0.101 e. The van der Waals surface area contributed by atoms with E-state index in [0.29, 0.717) is 12.1 Å². The summed E-state index contributed by atoms with van der Waals surface area (Å²) in [6, 6.07) is 9.60. The Balaban J connectivity index is 2.00. The summed E-state index contributed by atoms with van der Waals surface area (Å²) < 4.78 is 0. The minimum Gasteiger partial charge on any atom is -0.388 e. The number of benzene rings is 1. The summed E-state index contributed by atoms with van der Waals surface area (Å²) in [6.07, 6.45) is 6.34. The summed E-state index contributed by atoms with van der Waals surface area (Å²) in [5, 5.41) is 22.8. The van der Waals surface area contributed by atoms with Gasteiger partial charge in [-0.2, -0.15) is 5.26 Å². The van der Waals surface area contributed by atoms with Crippen LogP contribution in [0.4, 0.5) is 5.69 Å². The number of para-hydroxylation sites is 1. The zero-order valence-corrected chi connectivity index (χ0v) is 10.7. The molecule has 18 heavy (non-hydrogen) atoms. The zero-order chi connectivity index (χ0) is 12.8. The molecule has 0 bridgehead atoms. The van der Waals surface area contributed by atoms with E-state index in [-0.39, 0.29) is 0 Å². The lowest BCUT2D eigenvalue weighted by Crippen LogP contribution is -2.36. The average molecular weight is 244 g/mol. The Morgan fingerprint density at radius 1 is 1.17 bits per heavy atom. The van der Waals surface area contributed by atoms with Gasteiger partial charge in [-0.25, -0.2) is 0 Å². The van der Waals surface area contributed by atoms with E-state index < -0.39 is 5.60 Å². The number of hydrogen-bond acceptors (Lipinski definition) is 3. The van der Waals surface area contributed by atoms with Gasteiger partial charge < -0.3 is 10.4 Å². The molecule has 1 aromatic carbocycles. The Morgan fingerprint density at radius 3 is 2.50 bits per heavy atom. The van der Waals surface area contributed by atoms with Gasteiger partial charge in [-0.15, -0.1) is 0 Å². The van der Waals surface area contributed by atoms with Crippen LogP contribution in [-0.2, 0) is 0 Å². The van der Waals surface area contributed by atoms with Gasteiger partial charge in [-0.1, -0.05) is 37.8 Å². The highest BCUT2D eigenvalue weighted by Crippen LogP contribution is 2.27. The summed E-state index contributed by atoms with van der Waals surface area (Å²) in [5.74, 6) is 0. The monoisotopic (exact) mass is 244 g/mol. The summed E-state index contributed by atoms with van der Waals surface area (Å²) in [7, 11) is 0. The van der Waals surface area contributed by atoms with E-state index in [1.54, 1.807) is 6.07 Å². The molecule has 0 unspecified atom stereocenters. The predicted octanol–water partition coefficient (Wildman–Crippen LogP) is 3.06. The van der Waals surface area contributed by atoms with Crippen molar-refractivity contribution in [3.63, 3.8) is 0 Å². The molecule has 0 aliphatic heterocycles. The molecule has 0 saturated heterocycles. The molecule has 1 aliphatic rings. The Bertz CT molecular complexity index is 428. The third kappa shape index (κ3) is 3.24. The van der Waals surface area contributed by atoms with E-state index in [1.165, 1.54) is 12.8 Å². The fourth-order valence-electron chi connectivity index (χ4n) is 2.56. The van der Waals surface area contributed by atoms with Crippen LogP contribution in [0, 0.1) is 11.3 Å². The van der Waals surface area contributed by atoms with E-state index in [0.717, 1.165) is 31.4 Å². The molecule has 96 valence electrons. The number of aliphatic hydroxyl groups is 1. The van der Waals surface area contributed by atoms with Gasteiger partial charge in [0, 0.05) is 6.54 Å². The standard InChI is InChI=1S/C15H20N2O/c16-11-13-7-3-4-8-14(13)17-12-15(18)9-5-1-2-6-10-15/h3-4,7-8,17-18H,1-2,5-6,9-10,12H2. The number of anilines is 1. The van der Waals surface area contributed by atoms with Crippen molar-refractivity contribution in [3.05, 3.63) is 29.8 Å². The first-order valence-corrected chi connectivity index (χ1v) is 6.69. The molecule has 1 fully saturated rings. The third-order valence-corrected chi connectivity index (χ3v) is 3.69. The summed E-state index contributed by atoms with van der Waals surface area (Å²) in [6.45, 7) is 0.533. The number of nitrogens with zero attached hydrogens (tertiary/aromatic N) is 1. The molecule has 0 radical (unpaired) electrons. The van der Waals surface area contributed by atoms with Crippen molar-refractivity contribution in [1.29, 1.82) is 5.26 Å². The number of hydrogen-bond donors (Lipinski definition) is 2. The van der Waals surface area contributed by atoms with Crippen molar-refractivity contribution < 1.29 is 5.11 Å². The SMILES string of the molecule is N#Cc1ccccc1NCC1(O)CCCCCC1. The molecule has 0 aromatic heterocycles. The normalized spacial score (nSPS) is 18.7. The zero-order valence-electron chi connectivity index (χ0n) is 10.7. The first-order valence-electron chi connectivity index (χ1n) is 6.69. The van der Waals surface area contributed by atoms with E-state index in [4.69, 9.17) is 5.26 Å². The fourth-order valence-corrected chi connectivity index (χ4v) is 2.56. The van der Waals surface area contributed by atoms with E-state index in [2.05, 4.69) is 11.4 Å². The lowest BCUT2D eigenvalue weighted by Gasteiger charge is -2.27. The lowest BCUT2D eigenvalue weighted by molar-refractivity contribution is 0.0381. The van der Waals surface area contributed by atoms with Crippen LogP contribution in [0.15, 0.2) is 24.3 Å². The largest absolute Gasteiger partial charge is 0.388 e. The van der Waals surface area contributed by atoms with Gasteiger partial charge in [0.2, 0.25) is 0 Å². The Labute approximate surface area is 108 Å². The molecule has 0 spiro atoms. The number of rotatable bonds is 3. The van der Waals surface area contributed by atoms with Crippen LogP contribution in [0.2, 0.25) is 0 Å². The highest BCUT2D eigenvalue weighted by molar-refractivity contribution is 5.57. The predicted molar refractivity (Wildman–Crippen MR) is 72.3 cm³/mol. The topological polar surface area (TPSA) is 56.0 Å². The van der Waals surface area contributed by atoms with Crippen molar-refractivity contribution in [3.8, 4) is 6.07 Å². The Morgan fingerprint density at radius 2 is 1.83 bits per heavy atom. The third-order valence-electron chi connectivity index (χ3n) is 3.69. The molecule has 2 rings (SSSR count). The van der Waals surface area contributed by atoms with Crippen LogP contribution in [0.5, 0.6) is 0 Å². The van der Waals surface area contributed by atoms with Gasteiger partial charge in [-0.05, 0) is 25.0 Å². The molecule has 0 heterocycles. The van der Waals surface area contributed by atoms with E-state index in [9.17, 15) is 5.11 Å². The van der Waals surface area contributed by atoms with Gasteiger partial charge in [0.05, 0.1) is 16.9 Å². The molecule has 1 aliphatic carbocycles. The van der Waals surface area contributed by atoms with Gasteiger partial charge in [-0.3, -0.25) is 0 Å². The second-order valence-electron chi connectivity index (χ2n) is 5.15. The van der Waals surface area contributed by atoms with E-state index >= 15 is 0 Å². The molecule has 0 amide bonds. The highest BCUT2D eigenvalue weighted by Gasteiger charge is 2.27. The van der Waals surface area contributed by atoms with Crippen molar-refractivity contribution >= 4 is 5.69 Å². The minimum absolute atomic E-state index is 0.533. The summed E-state index contributed by atoms with van der Waals surface area (Å²) >= 11 is 0. The first-order chi connectivity index (χ1) is 8.73. The molecular weight excluding hydrogens is 224 g/mol. The summed E-state index contributed by atoms with van der Waals surface area (Å²) in [4.78, 5) is 0. The molecule has 3 nitrogen and oxygen atoms in total. The van der Waals surface area contributed by atoms with Crippen molar-refractivity contribution in [2.24, 2.45) is 0 Å². The minimum atomic E-state index is -0.612. The number of nitriles is 1. The van der Waals surface area contributed by atoms with Gasteiger partial charge in [0.25, 0.3) is 0 Å². The van der Waals surface area contributed by atoms with Crippen LogP contribution < -0.4 is 5.32 Å². The quantitative estimate of drug-likeness (QED) is 0.803. The average Bonchev–Trinajstić information content (AvgIpc) is 2.62. The second kappa shape index (κ2) is 5.88. The number of nitrogens with one attached hydrogen (secondary N) is 1. The fraction of sp³-hybridized carbons (Fsp3) is 0.533. The lowest BCUT2D eigenvalue weighted by atomic mass is 9.94. The second-order valence-corrected chi connectivity index (χ2v) is 5.15. The van der Waals surface area contributed by atoms with E-state index in [1.807, 2.05) is 18.2 Å². The maximum atomic E-state index is 10.5. The van der Waals surface area contributed by atoms with Crippen LogP contribution in [0.25, 0.3) is 0 Å². The van der Waals surface area contributed by atoms with Crippen LogP contribution in [0.3, 0.4) is 0 Å². The molecule has 3 heteroatoms.